The van der Waals surface area contributed by atoms with Gasteiger partial charge in [-0.15, -0.1) is 12.4 Å². The Hall–Kier alpha value is -4.24. The highest BCUT2D eigenvalue weighted by atomic mass is 35.5. The average Bonchev–Trinajstić information content (AvgIpc) is 3.10. The van der Waals surface area contributed by atoms with Crippen molar-refractivity contribution in [3.63, 3.8) is 0 Å². The smallest absolute Gasteiger partial charge is 0.319 e. The molecule has 8 nitrogen and oxygen atoms in total. The Bertz CT molecular complexity index is 1500. The van der Waals surface area contributed by atoms with Crippen molar-refractivity contribution < 1.29 is 27.9 Å². The van der Waals surface area contributed by atoms with E-state index < -0.39 is 40.3 Å². The highest BCUT2D eigenvalue weighted by molar-refractivity contribution is 6.13. The van der Waals surface area contributed by atoms with Gasteiger partial charge < -0.3 is 25.2 Å². The van der Waals surface area contributed by atoms with Crippen LogP contribution in [0.2, 0.25) is 0 Å². The third kappa shape index (κ3) is 6.88. The minimum Gasteiger partial charge on any atom is -0.492 e. The molecule has 43 heavy (non-hydrogen) atoms. The fourth-order valence-electron chi connectivity index (χ4n) is 5.04. The number of hydrogen-bond donors (Lipinski definition) is 2. The predicted octanol–water partition coefficient (Wildman–Crippen LogP) is 5.03. The fraction of sp³-hybridized carbons (Fsp3) is 0.312. The van der Waals surface area contributed by atoms with Crippen LogP contribution in [0.25, 0.3) is 0 Å². The molecule has 0 aromatic heterocycles. The van der Waals surface area contributed by atoms with E-state index in [1.807, 2.05) is 12.1 Å². The van der Waals surface area contributed by atoms with Gasteiger partial charge in [-0.05, 0) is 64.0 Å². The first-order chi connectivity index (χ1) is 20.1. The molecular weight excluding hydrogens is 578 g/mol. The van der Waals surface area contributed by atoms with Crippen LogP contribution in [-0.2, 0) is 25.5 Å². The quantitative estimate of drug-likeness (QED) is 0.386. The van der Waals surface area contributed by atoms with Crippen molar-refractivity contribution in [2.45, 2.75) is 32.1 Å². The average molecular weight is 613 g/mol. The molecule has 2 amide bonds. The van der Waals surface area contributed by atoms with E-state index in [-0.39, 0.29) is 31.1 Å². The summed E-state index contributed by atoms with van der Waals surface area (Å²) < 4.78 is 38.6. The summed E-state index contributed by atoms with van der Waals surface area (Å²) in [5, 5.41) is 5.27. The van der Waals surface area contributed by atoms with E-state index in [0.717, 1.165) is 5.56 Å². The van der Waals surface area contributed by atoms with Crippen LogP contribution in [0.15, 0.2) is 95.0 Å². The van der Waals surface area contributed by atoms with Gasteiger partial charge in [0.05, 0.1) is 12.3 Å². The number of fused-ring (bicyclic) bond motifs is 1. The molecule has 0 bridgehead atoms. The van der Waals surface area contributed by atoms with E-state index in [0.29, 0.717) is 42.9 Å². The topological polar surface area (TPSA) is 91.0 Å². The number of ether oxygens (including phenoxy) is 1. The summed E-state index contributed by atoms with van der Waals surface area (Å²) in [6, 6.07) is 15.6. The molecule has 2 aromatic rings. The lowest BCUT2D eigenvalue weighted by Gasteiger charge is -2.37. The Labute approximate surface area is 256 Å². The Morgan fingerprint density at radius 1 is 1.07 bits per heavy atom. The molecule has 2 aliphatic rings. The minimum atomic E-state index is -4.15. The summed E-state index contributed by atoms with van der Waals surface area (Å²) in [5.41, 5.74) is -0.939. The first-order valence-electron chi connectivity index (χ1n) is 13.7. The molecule has 2 N–H and O–H groups in total. The van der Waals surface area contributed by atoms with E-state index in [1.54, 1.807) is 68.4 Å². The Morgan fingerprint density at radius 3 is 2.40 bits per heavy atom. The highest BCUT2D eigenvalue weighted by Gasteiger charge is 2.55. The number of allylic oxidation sites excluding steroid dienone is 2. The number of hydrogen-bond acceptors (Lipinski definition) is 6. The fourth-order valence-corrected chi connectivity index (χ4v) is 5.04. The number of rotatable bonds is 9. The monoisotopic (exact) mass is 612 g/mol. The SMILES string of the molecule is C=C1CCCc2ccccc2N1C1=C(C(=O)NCCN(C)C)C(F)(F)C(=C=O)C(OCC)=C1C(=O)Nc1ccccc1.Cl. The summed E-state index contributed by atoms with van der Waals surface area (Å²) >= 11 is 0. The second-order valence-electron chi connectivity index (χ2n) is 10.2. The van der Waals surface area contributed by atoms with Crippen molar-refractivity contribution in [2.75, 3.05) is 44.0 Å². The molecule has 1 aliphatic carbocycles. The molecule has 0 saturated heterocycles. The first-order valence-corrected chi connectivity index (χ1v) is 13.7. The molecular formula is C32H35ClF2N4O4. The second kappa shape index (κ2) is 14.3. The van der Waals surface area contributed by atoms with Gasteiger partial charge in [-0.3, -0.25) is 9.59 Å². The third-order valence-electron chi connectivity index (χ3n) is 6.96. The number of carbonyl (C=O) groups excluding carboxylic acids is 3. The van der Waals surface area contributed by atoms with Gasteiger partial charge in [0.25, 0.3) is 11.8 Å². The molecule has 1 heterocycles. The number of halogens is 3. The molecule has 4 rings (SSSR count). The molecule has 0 saturated carbocycles. The van der Waals surface area contributed by atoms with Gasteiger partial charge in [-0.25, -0.2) is 4.79 Å². The number of aryl methyl sites for hydroxylation is 1. The van der Waals surface area contributed by atoms with Crippen LogP contribution in [0.4, 0.5) is 20.2 Å². The zero-order valence-corrected chi connectivity index (χ0v) is 25.2. The van der Waals surface area contributed by atoms with Gasteiger partial charge in [-0.1, -0.05) is 43.0 Å². The van der Waals surface area contributed by atoms with Crippen molar-refractivity contribution >= 4 is 41.5 Å². The van der Waals surface area contributed by atoms with Gasteiger partial charge >= 0.3 is 5.92 Å². The van der Waals surface area contributed by atoms with Crippen molar-refractivity contribution in [1.29, 1.82) is 0 Å². The maximum absolute atomic E-state index is 16.5. The van der Waals surface area contributed by atoms with Gasteiger partial charge in [0.15, 0.2) is 11.3 Å². The number of benzene rings is 2. The molecule has 0 radical (unpaired) electrons. The number of carbonyl (C=O) groups is 2. The maximum Gasteiger partial charge on any atom is 0.319 e. The molecule has 0 atom stereocenters. The zero-order chi connectivity index (χ0) is 30.4. The number of anilines is 2. The molecule has 1 aliphatic heterocycles. The van der Waals surface area contributed by atoms with E-state index in [2.05, 4.69) is 17.2 Å². The maximum atomic E-state index is 16.5. The summed E-state index contributed by atoms with van der Waals surface area (Å²) in [5.74, 6) is -5.46. The van der Waals surface area contributed by atoms with E-state index in [1.165, 1.54) is 10.8 Å². The van der Waals surface area contributed by atoms with Crippen molar-refractivity contribution in [2.24, 2.45) is 0 Å². The number of para-hydroxylation sites is 2. The van der Waals surface area contributed by atoms with Crippen LogP contribution < -0.4 is 15.5 Å². The van der Waals surface area contributed by atoms with Crippen LogP contribution in [-0.4, -0.2) is 62.4 Å². The van der Waals surface area contributed by atoms with Gasteiger partial charge in [0, 0.05) is 30.2 Å². The van der Waals surface area contributed by atoms with Gasteiger partial charge in [-0.2, -0.15) is 8.78 Å². The van der Waals surface area contributed by atoms with E-state index in [4.69, 9.17) is 4.74 Å². The second-order valence-corrected chi connectivity index (χ2v) is 10.2. The van der Waals surface area contributed by atoms with E-state index >= 15 is 8.78 Å². The normalized spacial score (nSPS) is 16.2. The number of amides is 2. The van der Waals surface area contributed by atoms with Gasteiger partial charge in [0.2, 0.25) is 0 Å². The Kier molecular flexibility index (Phi) is 11.1. The summed E-state index contributed by atoms with van der Waals surface area (Å²) in [7, 11) is 3.56. The standard InChI is InChI=1S/C32H34F2N4O4.ClH/c1-5-42-29-24(20-39)32(33,34)27(31(41)35-18-19-37(3)4)28(26(29)30(40)36-23-15-7-6-8-16-23)38-21(2)12-11-14-22-13-9-10-17-25(22)38;/h6-10,13,15-17H,2,5,11-12,14,18-19H2,1,3-4H3,(H,35,41)(H,36,40);1H. The molecule has 2 aromatic carbocycles. The number of likely N-dealkylation sites (N-methyl/N-ethyl adjacent to an activating group) is 1. The number of alkyl halides is 2. The van der Waals surface area contributed by atoms with Crippen LogP contribution in [0.5, 0.6) is 0 Å². The van der Waals surface area contributed by atoms with Crippen LogP contribution in [0, 0.1) is 0 Å². The Morgan fingerprint density at radius 2 is 1.74 bits per heavy atom. The van der Waals surface area contributed by atoms with Crippen molar-refractivity contribution in [3.8, 4) is 0 Å². The molecule has 0 spiro atoms. The van der Waals surface area contributed by atoms with Crippen molar-refractivity contribution in [3.05, 3.63) is 101 Å². The minimum absolute atomic E-state index is 0. The molecule has 11 heteroatoms. The first kappa shape index (κ1) is 33.3. The number of nitrogens with one attached hydrogen (secondary N) is 2. The summed E-state index contributed by atoms with van der Waals surface area (Å²) in [6.45, 7) is 6.01. The predicted molar refractivity (Wildman–Crippen MR) is 165 cm³/mol. The van der Waals surface area contributed by atoms with Crippen molar-refractivity contribution in [1.82, 2.24) is 10.2 Å². The number of nitrogens with zero attached hydrogens (tertiary/aromatic N) is 2. The van der Waals surface area contributed by atoms with Gasteiger partial charge in [0.1, 0.15) is 17.1 Å². The lowest BCUT2D eigenvalue weighted by atomic mass is 9.85. The summed E-state index contributed by atoms with van der Waals surface area (Å²) in [6.07, 6.45) is 1.72. The van der Waals surface area contributed by atoms with Crippen LogP contribution in [0.1, 0.15) is 25.3 Å². The lowest BCUT2D eigenvalue weighted by Crippen LogP contribution is -2.46. The zero-order valence-electron chi connectivity index (χ0n) is 24.3. The van der Waals surface area contributed by atoms with Crippen LogP contribution >= 0.6 is 12.4 Å². The largest absolute Gasteiger partial charge is 0.492 e. The molecule has 0 fully saturated rings. The third-order valence-corrected chi connectivity index (χ3v) is 6.96. The summed E-state index contributed by atoms with van der Waals surface area (Å²) in [4.78, 5) is 43.2. The molecule has 228 valence electrons. The highest BCUT2D eigenvalue weighted by Crippen LogP contribution is 2.49. The van der Waals surface area contributed by atoms with Crippen LogP contribution in [0.3, 0.4) is 0 Å². The van der Waals surface area contributed by atoms with E-state index in [9.17, 15) is 14.4 Å². The molecule has 0 unspecified atom stereocenters. The Balaban J connectivity index is 0.00000506. The lowest BCUT2D eigenvalue weighted by molar-refractivity contribution is -0.120.